The molecule has 3 aromatic rings. The van der Waals surface area contributed by atoms with Gasteiger partial charge in [0.25, 0.3) is 0 Å². The van der Waals surface area contributed by atoms with Crippen molar-refractivity contribution in [1.29, 1.82) is 0 Å². The maximum Gasteiger partial charge on any atom is 0.0769 e. The van der Waals surface area contributed by atoms with Crippen molar-refractivity contribution in [1.82, 2.24) is 15.5 Å². The summed E-state index contributed by atoms with van der Waals surface area (Å²) in [6.07, 6.45) is 1.69. The van der Waals surface area contributed by atoms with E-state index in [0.29, 0.717) is 0 Å². The van der Waals surface area contributed by atoms with Crippen LogP contribution in [0.2, 0.25) is 0 Å². The van der Waals surface area contributed by atoms with E-state index >= 15 is 0 Å². The van der Waals surface area contributed by atoms with E-state index in [9.17, 15) is 0 Å². The Kier molecular flexibility index (Phi) is 3.47. The molecule has 0 bridgehead atoms. The maximum absolute atomic E-state index is 4.05. The molecule has 0 spiro atoms. The molecule has 3 nitrogen and oxygen atoms in total. The Morgan fingerprint density at radius 1 is 0.842 bits per heavy atom. The van der Waals surface area contributed by atoms with E-state index in [4.69, 9.17) is 0 Å². The monoisotopic (exact) mass is 249 g/mol. The summed E-state index contributed by atoms with van der Waals surface area (Å²) in [4.78, 5) is 0. The molecule has 0 unspecified atom stereocenters. The zero-order chi connectivity index (χ0) is 12.9. The van der Waals surface area contributed by atoms with E-state index in [-0.39, 0.29) is 0 Å². The first-order valence-corrected chi connectivity index (χ1v) is 6.37. The van der Waals surface area contributed by atoms with Gasteiger partial charge in [-0.05, 0) is 34.5 Å². The Hall–Kier alpha value is -2.26. The van der Waals surface area contributed by atoms with Crippen molar-refractivity contribution in [2.45, 2.75) is 13.1 Å². The third kappa shape index (κ3) is 2.95. The lowest BCUT2D eigenvalue weighted by molar-refractivity contribution is 0.670. The SMILES string of the molecule is c1cnnc(CNCc2ccc3ccccc3c2)c1. The summed E-state index contributed by atoms with van der Waals surface area (Å²) in [5.74, 6) is 0. The van der Waals surface area contributed by atoms with Gasteiger partial charge < -0.3 is 5.32 Å². The molecule has 3 rings (SSSR count). The number of fused-ring (bicyclic) bond motifs is 1. The molecule has 0 aliphatic carbocycles. The molecule has 3 heteroatoms. The first-order chi connectivity index (χ1) is 9.42. The van der Waals surface area contributed by atoms with Crippen molar-refractivity contribution in [3.05, 3.63) is 72.1 Å². The van der Waals surface area contributed by atoms with Gasteiger partial charge in [0.1, 0.15) is 0 Å². The highest BCUT2D eigenvalue weighted by Gasteiger charge is 1.97. The Balaban J connectivity index is 1.65. The lowest BCUT2D eigenvalue weighted by Crippen LogP contribution is -2.13. The number of rotatable bonds is 4. The van der Waals surface area contributed by atoms with Gasteiger partial charge in [0.15, 0.2) is 0 Å². The highest BCUT2D eigenvalue weighted by atomic mass is 15.1. The zero-order valence-electron chi connectivity index (χ0n) is 10.6. The number of hydrogen-bond donors (Lipinski definition) is 1. The molecule has 1 heterocycles. The van der Waals surface area contributed by atoms with Crippen LogP contribution in [0.25, 0.3) is 10.8 Å². The Morgan fingerprint density at radius 3 is 2.58 bits per heavy atom. The van der Waals surface area contributed by atoms with Gasteiger partial charge in [-0.3, -0.25) is 0 Å². The smallest absolute Gasteiger partial charge is 0.0769 e. The number of benzene rings is 2. The molecule has 0 saturated heterocycles. The van der Waals surface area contributed by atoms with Gasteiger partial charge in [0.2, 0.25) is 0 Å². The summed E-state index contributed by atoms with van der Waals surface area (Å²) in [5, 5.41) is 13.8. The fourth-order valence-corrected chi connectivity index (χ4v) is 2.11. The minimum absolute atomic E-state index is 0.737. The van der Waals surface area contributed by atoms with Gasteiger partial charge in [0, 0.05) is 19.3 Å². The highest BCUT2D eigenvalue weighted by molar-refractivity contribution is 5.82. The molecule has 0 aliphatic rings. The van der Waals surface area contributed by atoms with Crippen molar-refractivity contribution < 1.29 is 0 Å². The summed E-state index contributed by atoms with van der Waals surface area (Å²) < 4.78 is 0. The molecule has 94 valence electrons. The fraction of sp³-hybridized carbons (Fsp3) is 0.125. The molecular formula is C16H15N3. The van der Waals surface area contributed by atoms with E-state index in [2.05, 4.69) is 58.0 Å². The van der Waals surface area contributed by atoms with Crippen LogP contribution in [0, 0.1) is 0 Å². The van der Waals surface area contributed by atoms with Crippen LogP contribution in [0.15, 0.2) is 60.8 Å². The van der Waals surface area contributed by atoms with E-state index < -0.39 is 0 Å². The zero-order valence-corrected chi connectivity index (χ0v) is 10.6. The first-order valence-electron chi connectivity index (χ1n) is 6.37. The summed E-state index contributed by atoms with van der Waals surface area (Å²) in [5.41, 5.74) is 2.24. The van der Waals surface area contributed by atoms with Crippen molar-refractivity contribution in [3.8, 4) is 0 Å². The van der Waals surface area contributed by atoms with Crippen LogP contribution in [-0.4, -0.2) is 10.2 Å². The van der Waals surface area contributed by atoms with Crippen LogP contribution in [0.1, 0.15) is 11.3 Å². The molecule has 0 atom stereocenters. The molecular weight excluding hydrogens is 234 g/mol. The van der Waals surface area contributed by atoms with Crippen LogP contribution in [0.4, 0.5) is 0 Å². The quantitative estimate of drug-likeness (QED) is 0.772. The number of nitrogens with one attached hydrogen (secondary N) is 1. The predicted molar refractivity (Wildman–Crippen MR) is 76.5 cm³/mol. The molecule has 1 aromatic heterocycles. The van der Waals surface area contributed by atoms with Gasteiger partial charge in [-0.1, -0.05) is 36.4 Å². The van der Waals surface area contributed by atoms with Gasteiger partial charge in [0.05, 0.1) is 5.69 Å². The second-order valence-corrected chi connectivity index (χ2v) is 4.50. The molecule has 0 aliphatic heterocycles. The molecule has 0 fully saturated rings. The van der Waals surface area contributed by atoms with Crippen LogP contribution in [0.5, 0.6) is 0 Å². The molecule has 2 aromatic carbocycles. The molecule has 0 radical (unpaired) electrons. The third-order valence-electron chi connectivity index (χ3n) is 3.08. The van der Waals surface area contributed by atoms with Crippen LogP contribution in [0.3, 0.4) is 0 Å². The van der Waals surface area contributed by atoms with E-state index in [1.54, 1.807) is 6.20 Å². The van der Waals surface area contributed by atoms with Crippen molar-refractivity contribution >= 4 is 10.8 Å². The van der Waals surface area contributed by atoms with Crippen LogP contribution < -0.4 is 5.32 Å². The van der Waals surface area contributed by atoms with Gasteiger partial charge in [-0.2, -0.15) is 10.2 Å². The Bertz CT molecular complexity index is 665. The molecule has 19 heavy (non-hydrogen) atoms. The third-order valence-corrected chi connectivity index (χ3v) is 3.08. The van der Waals surface area contributed by atoms with Gasteiger partial charge >= 0.3 is 0 Å². The molecule has 0 saturated carbocycles. The average molecular weight is 249 g/mol. The van der Waals surface area contributed by atoms with E-state index in [1.165, 1.54) is 16.3 Å². The summed E-state index contributed by atoms with van der Waals surface area (Å²) >= 11 is 0. The minimum atomic E-state index is 0.737. The standard InChI is InChI=1S/C16H15N3/c1-2-5-15-10-13(7-8-14(15)4-1)11-17-12-16-6-3-9-18-19-16/h1-10,17H,11-12H2. The molecule has 0 amide bonds. The summed E-state index contributed by atoms with van der Waals surface area (Å²) in [6.45, 7) is 1.57. The largest absolute Gasteiger partial charge is 0.307 e. The van der Waals surface area contributed by atoms with Crippen LogP contribution >= 0.6 is 0 Å². The van der Waals surface area contributed by atoms with E-state index in [1.807, 2.05) is 12.1 Å². The fourth-order valence-electron chi connectivity index (χ4n) is 2.11. The minimum Gasteiger partial charge on any atom is -0.307 e. The van der Waals surface area contributed by atoms with Gasteiger partial charge in [-0.25, -0.2) is 0 Å². The van der Waals surface area contributed by atoms with E-state index in [0.717, 1.165) is 18.8 Å². The number of aromatic nitrogens is 2. The second kappa shape index (κ2) is 5.59. The Labute approximate surface area is 112 Å². The lowest BCUT2D eigenvalue weighted by Gasteiger charge is -2.05. The van der Waals surface area contributed by atoms with Crippen LogP contribution in [-0.2, 0) is 13.1 Å². The van der Waals surface area contributed by atoms with Crippen molar-refractivity contribution in [2.75, 3.05) is 0 Å². The normalized spacial score (nSPS) is 10.7. The Morgan fingerprint density at radius 2 is 1.74 bits per heavy atom. The number of nitrogens with zero attached hydrogens (tertiary/aromatic N) is 2. The predicted octanol–water partition coefficient (Wildman–Crippen LogP) is 2.92. The number of hydrogen-bond acceptors (Lipinski definition) is 3. The lowest BCUT2D eigenvalue weighted by atomic mass is 10.1. The summed E-state index contributed by atoms with van der Waals surface area (Å²) in [7, 11) is 0. The average Bonchev–Trinajstić information content (AvgIpc) is 2.48. The maximum atomic E-state index is 4.05. The highest BCUT2D eigenvalue weighted by Crippen LogP contribution is 2.15. The summed E-state index contributed by atoms with van der Waals surface area (Å²) in [6, 6.07) is 18.8. The second-order valence-electron chi connectivity index (χ2n) is 4.50. The van der Waals surface area contributed by atoms with Crippen molar-refractivity contribution in [3.63, 3.8) is 0 Å². The first kappa shape index (κ1) is 11.8. The topological polar surface area (TPSA) is 37.8 Å². The van der Waals surface area contributed by atoms with Gasteiger partial charge in [-0.15, -0.1) is 0 Å². The molecule has 1 N–H and O–H groups in total. The van der Waals surface area contributed by atoms with Crippen molar-refractivity contribution in [2.24, 2.45) is 0 Å².